The zero-order valence-corrected chi connectivity index (χ0v) is 16.9. The van der Waals surface area contributed by atoms with Crippen LogP contribution in [0.5, 0.6) is 0 Å². The largest absolute Gasteiger partial charge is 0.342 e. The van der Waals surface area contributed by atoms with Gasteiger partial charge in [-0.15, -0.1) is 0 Å². The van der Waals surface area contributed by atoms with Gasteiger partial charge < -0.3 is 4.90 Å². The van der Waals surface area contributed by atoms with Crippen LogP contribution in [-0.2, 0) is 24.2 Å². The molecule has 0 spiro atoms. The number of nitrogens with zero attached hydrogens (tertiary/aromatic N) is 3. The van der Waals surface area contributed by atoms with E-state index in [0.717, 1.165) is 49.3 Å². The van der Waals surface area contributed by atoms with Gasteiger partial charge in [-0.25, -0.2) is 4.98 Å². The Morgan fingerprint density at radius 2 is 1.72 bits per heavy atom. The lowest BCUT2D eigenvalue weighted by atomic mass is 9.96. The summed E-state index contributed by atoms with van der Waals surface area (Å²) in [4.78, 5) is 32.3. The van der Waals surface area contributed by atoms with E-state index < -0.39 is 0 Å². The molecular weight excluding hydrogens is 362 g/mol. The number of aromatic nitrogens is 2. The Hall–Kier alpha value is -2.95. The van der Waals surface area contributed by atoms with Crippen molar-refractivity contribution in [3.05, 3.63) is 76.3 Å². The number of rotatable bonds is 5. The molecule has 1 saturated heterocycles. The van der Waals surface area contributed by atoms with Gasteiger partial charge in [-0.3, -0.25) is 14.2 Å². The zero-order chi connectivity index (χ0) is 20.2. The molecule has 5 nitrogen and oxygen atoms in total. The Labute approximate surface area is 171 Å². The first-order valence-electron chi connectivity index (χ1n) is 10.5. The molecule has 1 aromatic heterocycles. The molecule has 0 atom stereocenters. The number of likely N-dealkylation sites (tertiary alicyclic amines) is 1. The Kier molecular flexibility index (Phi) is 5.74. The van der Waals surface area contributed by atoms with Gasteiger partial charge in [0.1, 0.15) is 5.82 Å². The third-order valence-corrected chi connectivity index (χ3v) is 5.86. The van der Waals surface area contributed by atoms with Crippen LogP contribution in [0.3, 0.4) is 0 Å². The Bertz CT molecular complexity index is 1050. The summed E-state index contributed by atoms with van der Waals surface area (Å²) in [6, 6.07) is 17.5. The van der Waals surface area contributed by atoms with Gasteiger partial charge in [0.05, 0.1) is 17.3 Å². The molecule has 1 aliphatic heterocycles. The van der Waals surface area contributed by atoms with Crippen LogP contribution < -0.4 is 5.56 Å². The van der Waals surface area contributed by atoms with Gasteiger partial charge >= 0.3 is 0 Å². The Balaban J connectivity index is 1.43. The van der Waals surface area contributed by atoms with Gasteiger partial charge in [-0.2, -0.15) is 0 Å². The van der Waals surface area contributed by atoms with Crippen LogP contribution in [0.15, 0.2) is 59.4 Å². The number of aryl methyl sites for hydroxylation is 1. The van der Waals surface area contributed by atoms with Crippen molar-refractivity contribution in [1.82, 2.24) is 14.5 Å². The first kappa shape index (κ1) is 19.4. The van der Waals surface area contributed by atoms with Crippen LogP contribution in [0.1, 0.15) is 31.2 Å². The minimum atomic E-state index is 0.0510. The molecule has 2 heterocycles. The average molecular weight is 389 g/mol. The van der Waals surface area contributed by atoms with E-state index in [1.165, 1.54) is 0 Å². The molecule has 1 aliphatic rings. The zero-order valence-electron chi connectivity index (χ0n) is 16.9. The van der Waals surface area contributed by atoms with E-state index in [-0.39, 0.29) is 11.5 Å². The monoisotopic (exact) mass is 389 g/mol. The number of carbonyl (C=O) groups is 1. The summed E-state index contributed by atoms with van der Waals surface area (Å²) in [5.74, 6) is 1.42. The summed E-state index contributed by atoms with van der Waals surface area (Å²) < 4.78 is 1.86. The molecule has 29 heavy (non-hydrogen) atoms. The van der Waals surface area contributed by atoms with Crippen LogP contribution in [0.2, 0.25) is 0 Å². The second kappa shape index (κ2) is 8.60. The lowest BCUT2D eigenvalue weighted by molar-refractivity contribution is -0.131. The number of amides is 1. The molecule has 0 saturated carbocycles. The van der Waals surface area contributed by atoms with Crippen LogP contribution in [-0.4, -0.2) is 33.4 Å². The van der Waals surface area contributed by atoms with Crippen LogP contribution >= 0.6 is 0 Å². The second-order valence-corrected chi connectivity index (χ2v) is 7.80. The van der Waals surface area contributed by atoms with Gasteiger partial charge in [-0.1, -0.05) is 49.4 Å². The number of benzene rings is 2. The maximum absolute atomic E-state index is 13.0. The van der Waals surface area contributed by atoms with E-state index in [0.29, 0.717) is 24.3 Å². The first-order chi connectivity index (χ1) is 14.2. The highest BCUT2D eigenvalue weighted by atomic mass is 16.2. The minimum absolute atomic E-state index is 0.0510. The molecule has 1 amide bonds. The molecule has 2 aromatic carbocycles. The van der Waals surface area contributed by atoms with E-state index in [9.17, 15) is 9.59 Å². The highest BCUT2D eigenvalue weighted by Gasteiger charge is 2.24. The molecule has 4 rings (SSSR count). The van der Waals surface area contributed by atoms with E-state index >= 15 is 0 Å². The summed E-state index contributed by atoms with van der Waals surface area (Å²) in [6.45, 7) is 4.24. The van der Waals surface area contributed by atoms with E-state index in [1.54, 1.807) is 0 Å². The second-order valence-electron chi connectivity index (χ2n) is 7.80. The molecule has 0 N–H and O–H groups in total. The SMILES string of the molecule is CCc1nc2ccccc2c(=O)n1CC1CCN(C(=O)Cc2ccccc2)CC1. The van der Waals surface area contributed by atoms with Crippen molar-refractivity contribution in [3.63, 3.8) is 0 Å². The first-order valence-corrected chi connectivity index (χ1v) is 10.5. The van der Waals surface area contributed by atoms with Crippen molar-refractivity contribution in [1.29, 1.82) is 0 Å². The summed E-state index contributed by atoms with van der Waals surface area (Å²) in [5.41, 5.74) is 1.88. The third-order valence-electron chi connectivity index (χ3n) is 5.86. The van der Waals surface area contributed by atoms with Crippen molar-refractivity contribution in [2.45, 2.75) is 39.2 Å². The molecule has 0 bridgehead atoms. The predicted octanol–water partition coefficient (Wildman–Crippen LogP) is 3.44. The van der Waals surface area contributed by atoms with Gasteiger partial charge in [0.15, 0.2) is 0 Å². The summed E-state index contributed by atoms with van der Waals surface area (Å²) in [7, 11) is 0. The van der Waals surface area contributed by atoms with E-state index in [2.05, 4.69) is 0 Å². The summed E-state index contributed by atoms with van der Waals surface area (Å²) in [6.07, 6.45) is 3.03. The van der Waals surface area contributed by atoms with Crippen molar-refractivity contribution >= 4 is 16.8 Å². The molecule has 150 valence electrons. The quantitative estimate of drug-likeness (QED) is 0.672. The average Bonchev–Trinajstić information content (AvgIpc) is 2.76. The van der Waals surface area contributed by atoms with Crippen molar-refractivity contribution in [2.24, 2.45) is 5.92 Å². The number of para-hydroxylation sites is 1. The standard InChI is InChI=1S/C24H27N3O2/c1-2-22-25-21-11-7-6-10-20(21)24(29)27(22)17-19-12-14-26(15-13-19)23(28)16-18-8-4-3-5-9-18/h3-11,19H,2,12-17H2,1H3. The summed E-state index contributed by atoms with van der Waals surface area (Å²) >= 11 is 0. The molecule has 3 aromatic rings. The van der Waals surface area contributed by atoms with E-state index in [4.69, 9.17) is 4.98 Å². The number of piperidine rings is 1. The van der Waals surface area contributed by atoms with Gasteiger partial charge in [-0.05, 0) is 36.5 Å². The number of hydrogen-bond acceptors (Lipinski definition) is 3. The topological polar surface area (TPSA) is 55.2 Å². The van der Waals surface area contributed by atoms with Crippen LogP contribution in [0, 0.1) is 5.92 Å². The number of hydrogen-bond donors (Lipinski definition) is 0. The fraction of sp³-hybridized carbons (Fsp3) is 0.375. The van der Waals surface area contributed by atoms with Gasteiger partial charge in [0, 0.05) is 26.1 Å². The third kappa shape index (κ3) is 4.24. The fourth-order valence-corrected chi connectivity index (χ4v) is 4.18. The van der Waals surface area contributed by atoms with Crippen molar-refractivity contribution < 1.29 is 4.79 Å². The molecule has 0 radical (unpaired) electrons. The van der Waals surface area contributed by atoms with Crippen LogP contribution in [0.25, 0.3) is 10.9 Å². The normalized spacial score (nSPS) is 15.0. The lowest BCUT2D eigenvalue weighted by Gasteiger charge is -2.32. The minimum Gasteiger partial charge on any atom is -0.342 e. The summed E-state index contributed by atoms with van der Waals surface area (Å²) in [5, 5.41) is 0.681. The van der Waals surface area contributed by atoms with Crippen LogP contribution in [0.4, 0.5) is 0 Å². The van der Waals surface area contributed by atoms with Crippen molar-refractivity contribution in [2.75, 3.05) is 13.1 Å². The molecule has 0 unspecified atom stereocenters. The Morgan fingerprint density at radius 3 is 2.45 bits per heavy atom. The van der Waals surface area contributed by atoms with E-state index in [1.807, 2.05) is 71.0 Å². The van der Waals surface area contributed by atoms with Gasteiger partial charge in [0.25, 0.3) is 5.56 Å². The number of carbonyl (C=O) groups excluding carboxylic acids is 1. The fourth-order valence-electron chi connectivity index (χ4n) is 4.18. The maximum atomic E-state index is 13.0. The Morgan fingerprint density at radius 1 is 1.03 bits per heavy atom. The molecular formula is C24H27N3O2. The molecule has 0 aliphatic carbocycles. The maximum Gasteiger partial charge on any atom is 0.261 e. The smallest absolute Gasteiger partial charge is 0.261 e. The van der Waals surface area contributed by atoms with Gasteiger partial charge in [0.2, 0.25) is 5.91 Å². The number of fused-ring (bicyclic) bond motifs is 1. The highest BCUT2D eigenvalue weighted by Crippen LogP contribution is 2.21. The molecule has 5 heteroatoms. The predicted molar refractivity (Wildman–Crippen MR) is 115 cm³/mol. The molecule has 1 fully saturated rings. The lowest BCUT2D eigenvalue weighted by Crippen LogP contribution is -2.41. The van der Waals surface area contributed by atoms with Crippen molar-refractivity contribution in [3.8, 4) is 0 Å². The highest BCUT2D eigenvalue weighted by molar-refractivity contribution is 5.79.